The van der Waals surface area contributed by atoms with E-state index in [9.17, 15) is 9.90 Å². The van der Waals surface area contributed by atoms with Gasteiger partial charge in [0.25, 0.3) is 0 Å². The maximum absolute atomic E-state index is 11.7. The molecule has 2 heterocycles. The topological polar surface area (TPSA) is 63.1 Å². The molecule has 5 aromatic rings. The minimum absolute atomic E-state index is 0. The molecule has 1 radical (unpaired) electrons. The van der Waals surface area contributed by atoms with Gasteiger partial charge in [-0.2, -0.15) is 0 Å². The van der Waals surface area contributed by atoms with Crippen molar-refractivity contribution in [2.24, 2.45) is 11.8 Å². The molecule has 0 aliphatic rings. The van der Waals surface area contributed by atoms with E-state index in [4.69, 9.17) is 9.97 Å². The van der Waals surface area contributed by atoms with Gasteiger partial charge in [0.15, 0.2) is 5.78 Å². The molecule has 0 unspecified atom stereocenters. The molecule has 4 nitrogen and oxygen atoms in total. The number of benzene rings is 3. The summed E-state index contributed by atoms with van der Waals surface area (Å²) in [5, 5.41) is 15.0. The molecule has 3 aromatic carbocycles. The average molecular weight is 858 g/mol. The van der Waals surface area contributed by atoms with Crippen molar-refractivity contribution in [1.82, 2.24) is 9.97 Å². The SMILES string of the molecule is CCC(CC)C(=O)/C=C(\O)C(CC)CC.CCC(CC)c1cc(-c2ncnc3c2sc2cc([Si](C)(C)C)ccc23)[c-]c2ccccc12.[Ir]. The normalized spacial score (nSPS) is 12.2. The fraction of sp³-hybridized carbons (Fsp3) is 0.439. The molecule has 0 spiro atoms. The van der Waals surface area contributed by atoms with E-state index >= 15 is 0 Å². The Hall–Kier alpha value is -2.70. The third kappa shape index (κ3) is 8.90. The molecule has 259 valence electrons. The van der Waals surface area contributed by atoms with Crippen LogP contribution in [0, 0.1) is 17.9 Å². The van der Waals surface area contributed by atoms with E-state index in [0.29, 0.717) is 5.92 Å². The zero-order valence-corrected chi connectivity index (χ0v) is 34.5. The van der Waals surface area contributed by atoms with Crippen molar-refractivity contribution in [2.75, 3.05) is 0 Å². The van der Waals surface area contributed by atoms with E-state index in [2.05, 4.69) is 88.1 Å². The zero-order valence-electron chi connectivity index (χ0n) is 30.2. The van der Waals surface area contributed by atoms with Crippen LogP contribution in [0.15, 0.2) is 66.7 Å². The molecule has 0 saturated carbocycles. The van der Waals surface area contributed by atoms with E-state index < -0.39 is 8.07 Å². The van der Waals surface area contributed by atoms with E-state index in [0.717, 1.165) is 60.0 Å². The van der Waals surface area contributed by atoms with E-state index in [-0.39, 0.29) is 43.5 Å². The summed E-state index contributed by atoms with van der Waals surface area (Å²) >= 11 is 1.82. The number of hydrogen-bond donors (Lipinski definition) is 1. The summed E-state index contributed by atoms with van der Waals surface area (Å²) in [6.07, 6.45) is 8.89. The average Bonchev–Trinajstić information content (AvgIpc) is 3.44. The van der Waals surface area contributed by atoms with E-state index in [1.54, 1.807) is 6.33 Å². The number of carbonyl (C=O) groups excluding carboxylic acids is 1. The number of aromatic nitrogens is 2. The molecule has 2 aromatic heterocycles. The summed E-state index contributed by atoms with van der Waals surface area (Å²) in [6, 6.07) is 21.6. The first-order valence-electron chi connectivity index (χ1n) is 17.6. The maximum Gasteiger partial charge on any atom is 0.162 e. The molecule has 0 bridgehead atoms. The monoisotopic (exact) mass is 858 g/mol. The van der Waals surface area contributed by atoms with Crippen molar-refractivity contribution in [1.29, 1.82) is 0 Å². The first-order valence-corrected chi connectivity index (χ1v) is 21.9. The second kappa shape index (κ2) is 17.8. The van der Waals surface area contributed by atoms with Crippen LogP contribution in [0.3, 0.4) is 0 Å². The predicted octanol–water partition coefficient (Wildman–Crippen LogP) is 11.8. The quantitative estimate of drug-likeness (QED) is 0.0588. The summed E-state index contributed by atoms with van der Waals surface area (Å²) in [4.78, 5) is 21.2. The summed E-state index contributed by atoms with van der Waals surface area (Å²) in [7, 11) is -1.37. The van der Waals surface area contributed by atoms with Gasteiger partial charge in [-0.1, -0.05) is 120 Å². The van der Waals surface area contributed by atoms with Crippen molar-refractivity contribution >= 4 is 61.5 Å². The summed E-state index contributed by atoms with van der Waals surface area (Å²) in [6.45, 7) is 19.8. The molecule has 1 N–H and O–H groups in total. The number of ketones is 1. The number of allylic oxidation sites excluding steroid dienone is 2. The van der Waals surface area contributed by atoms with Crippen LogP contribution < -0.4 is 5.19 Å². The summed E-state index contributed by atoms with van der Waals surface area (Å²) < 4.78 is 2.47. The van der Waals surface area contributed by atoms with Crippen LogP contribution >= 0.6 is 11.3 Å². The van der Waals surface area contributed by atoms with E-state index in [1.807, 2.05) is 39.0 Å². The standard InChI is InChI=1S/C28H29N2SSi.C13H24O2.Ir/c1-6-18(7-2)24-15-20(14-19-10-8-9-11-22(19)24)26-28-27(30-17-29-26)23-13-12-21(32(3,4)5)16-25(23)31-28;1-5-10(6-2)12(14)9-13(15)11(7-3)8-4;/h8-13,15-18H,6-7H2,1-5H3;9-11,14H,5-8H2,1-4H3;/q-1;;/b;12-9-;. The molecule has 0 saturated heterocycles. The van der Waals surface area contributed by atoms with Gasteiger partial charge < -0.3 is 5.11 Å². The Morgan fingerprint density at radius 3 is 2.10 bits per heavy atom. The van der Waals surface area contributed by atoms with Crippen LogP contribution in [-0.4, -0.2) is 28.9 Å². The minimum Gasteiger partial charge on any atom is -0.512 e. The Kier molecular flexibility index (Phi) is 14.7. The molecule has 0 atom stereocenters. The Balaban J connectivity index is 0.000000334. The first-order chi connectivity index (χ1) is 22.5. The molecule has 0 aliphatic heterocycles. The second-order valence-electron chi connectivity index (χ2n) is 13.7. The minimum atomic E-state index is -1.37. The predicted molar refractivity (Wildman–Crippen MR) is 207 cm³/mol. The number of hydrogen-bond acceptors (Lipinski definition) is 5. The molecule has 0 amide bonds. The fourth-order valence-corrected chi connectivity index (χ4v) is 8.93. The Bertz CT molecular complexity index is 1850. The third-order valence-corrected chi connectivity index (χ3v) is 12.9. The number of aliphatic hydroxyl groups excluding tert-OH is 1. The Morgan fingerprint density at radius 1 is 0.854 bits per heavy atom. The van der Waals surface area contributed by atoms with Gasteiger partial charge in [0.05, 0.1) is 19.3 Å². The van der Waals surface area contributed by atoms with Gasteiger partial charge in [0, 0.05) is 58.5 Å². The smallest absolute Gasteiger partial charge is 0.162 e. The van der Waals surface area contributed by atoms with Crippen molar-refractivity contribution in [3.63, 3.8) is 0 Å². The number of carbonyl (C=O) groups is 1. The number of fused-ring (bicyclic) bond motifs is 4. The van der Waals surface area contributed by atoms with Crippen molar-refractivity contribution in [3.05, 3.63) is 78.3 Å². The molecule has 0 aliphatic carbocycles. The van der Waals surface area contributed by atoms with E-state index in [1.165, 1.54) is 37.7 Å². The number of nitrogens with zero attached hydrogens (tertiary/aromatic N) is 2. The first kappa shape index (κ1) is 39.7. The molecule has 48 heavy (non-hydrogen) atoms. The summed E-state index contributed by atoms with van der Waals surface area (Å²) in [5.74, 6) is 1.08. The maximum atomic E-state index is 11.7. The fourth-order valence-electron chi connectivity index (χ4n) is 6.46. The molecule has 7 heteroatoms. The number of rotatable bonds is 12. The molecular formula is C41H53IrN2O2SSi-. The largest absolute Gasteiger partial charge is 0.512 e. The Labute approximate surface area is 306 Å². The Morgan fingerprint density at radius 2 is 1.50 bits per heavy atom. The third-order valence-electron chi connectivity index (χ3n) is 9.69. The van der Waals surface area contributed by atoms with Gasteiger partial charge in [0.1, 0.15) is 6.33 Å². The second-order valence-corrected chi connectivity index (χ2v) is 19.8. The van der Waals surface area contributed by atoms with Crippen LogP contribution in [0.4, 0.5) is 0 Å². The summed E-state index contributed by atoms with van der Waals surface area (Å²) in [5.41, 5.74) is 4.55. The molecule has 5 rings (SSSR count). The van der Waals surface area contributed by atoms with Crippen LogP contribution in [0.5, 0.6) is 0 Å². The zero-order chi connectivity index (χ0) is 34.3. The van der Waals surface area contributed by atoms with Crippen molar-refractivity contribution in [2.45, 2.75) is 106 Å². The van der Waals surface area contributed by atoms with Gasteiger partial charge in [-0.15, -0.1) is 40.5 Å². The van der Waals surface area contributed by atoms with Crippen LogP contribution in [0.25, 0.3) is 42.3 Å². The van der Waals surface area contributed by atoms with Gasteiger partial charge in [-0.05, 0) is 37.7 Å². The van der Waals surface area contributed by atoms with Gasteiger partial charge in [0.2, 0.25) is 0 Å². The van der Waals surface area contributed by atoms with Gasteiger partial charge >= 0.3 is 0 Å². The number of thiophene rings is 1. The van der Waals surface area contributed by atoms with Crippen LogP contribution in [0.1, 0.15) is 91.5 Å². The van der Waals surface area contributed by atoms with Crippen LogP contribution in [0.2, 0.25) is 19.6 Å². The van der Waals surface area contributed by atoms with Crippen molar-refractivity contribution < 1.29 is 30.0 Å². The van der Waals surface area contributed by atoms with Crippen LogP contribution in [-0.2, 0) is 24.9 Å². The van der Waals surface area contributed by atoms with Gasteiger partial charge in [-0.25, -0.2) is 4.98 Å². The molecule has 0 fully saturated rings. The number of aliphatic hydroxyl groups is 1. The van der Waals surface area contributed by atoms with Gasteiger partial charge in [-0.3, -0.25) is 9.78 Å². The van der Waals surface area contributed by atoms with Crippen molar-refractivity contribution in [3.8, 4) is 11.3 Å². The molecular weight excluding hydrogens is 805 g/mol.